The lowest BCUT2D eigenvalue weighted by molar-refractivity contribution is -0.140. The van der Waals surface area contributed by atoms with E-state index in [0.29, 0.717) is 18.4 Å². The number of amides is 2. The summed E-state index contributed by atoms with van der Waals surface area (Å²) >= 11 is 0. The minimum absolute atomic E-state index is 0.000282. The molecule has 4 bridgehead atoms. The molecule has 0 unspecified atom stereocenters. The van der Waals surface area contributed by atoms with E-state index in [2.05, 4.69) is 5.32 Å². The molecule has 24 heavy (non-hydrogen) atoms. The van der Waals surface area contributed by atoms with Gasteiger partial charge in [-0.15, -0.1) is 0 Å². The number of carbonyl (C=O) groups is 2. The minimum atomic E-state index is -0.301. The molecule has 134 valence electrons. The molecule has 1 N–H and O–H groups in total. The molecule has 1 heterocycles. The summed E-state index contributed by atoms with van der Waals surface area (Å²) in [6.45, 7) is 2.40. The van der Waals surface area contributed by atoms with E-state index in [-0.39, 0.29) is 17.9 Å². The van der Waals surface area contributed by atoms with Crippen molar-refractivity contribution in [3.05, 3.63) is 0 Å². The van der Waals surface area contributed by atoms with Crippen molar-refractivity contribution in [2.75, 3.05) is 33.7 Å². The third kappa shape index (κ3) is 2.96. The number of hydrogen-bond donors (Lipinski definition) is 1. The fraction of sp³-hybridized carbons (Fsp3) is 0.895. The maximum atomic E-state index is 12.7. The monoisotopic (exact) mass is 333 g/mol. The third-order valence-electron chi connectivity index (χ3n) is 7.13. The van der Waals surface area contributed by atoms with Gasteiger partial charge in [0.15, 0.2) is 0 Å². The second-order valence-corrected chi connectivity index (χ2v) is 9.16. The second-order valence-electron chi connectivity index (χ2n) is 9.16. The Bertz CT molecular complexity index is 497. The highest BCUT2D eigenvalue weighted by atomic mass is 16.2. The Morgan fingerprint density at radius 1 is 1.21 bits per heavy atom. The summed E-state index contributed by atoms with van der Waals surface area (Å²) in [4.78, 5) is 28.7. The van der Waals surface area contributed by atoms with Crippen LogP contribution in [0.3, 0.4) is 0 Å². The Hall–Kier alpha value is -1.10. The fourth-order valence-electron chi connectivity index (χ4n) is 6.47. The number of rotatable bonds is 4. The van der Waals surface area contributed by atoms with Gasteiger partial charge in [0.25, 0.3) is 0 Å². The van der Waals surface area contributed by atoms with Gasteiger partial charge < -0.3 is 10.2 Å². The predicted molar refractivity (Wildman–Crippen MR) is 92.3 cm³/mol. The van der Waals surface area contributed by atoms with Gasteiger partial charge in [-0.25, -0.2) is 0 Å². The minimum Gasteiger partial charge on any atom is -0.353 e. The predicted octanol–water partition coefficient (Wildman–Crippen LogP) is 1.48. The number of carbonyl (C=O) groups excluding carboxylic acids is 2. The first-order valence-corrected chi connectivity index (χ1v) is 9.66. The van der Waals surface area contributed by atoms with Crippen molar-refractivity contribution in [3.8, 4) is 0 Å². The molecule has 5 rings (SSSR count). The summed E-state index contributed by atoms with van der Waals surface area (Å²) < 4.78 is 0. The van der Waals surface area contributed by atoms with Crippen molar-refractivity contribution in [1.82, 2.24) is 15.1 Å². The molecule has 2 amide bonds. The van der Waals surface area contributed by atoms with Crippen LogP contribution in [0.5, 0.6) is 0 Å². The number of piperazine rings is 1. The summed E-state index contributed by atoms with van der Waals surface area (Å²) in [6.07, 6.45) is 8.57. The van der Waals surface area contributed by atoms with Crippen LogP contribution >= 0.6 is 0 Å². The van der Waals surface area contributed by atoms with E-state index in [1.807, 2.05) is 23.9 Å². The molecular formula is C19H31N3O2. The highest BCUT2D eigenvalue weighted by molar-refractivity contribution is 5.88. The van der Waals surface area contributed by atoms with E-state index in [4.69, 9.17) is 0 Å². The lowest BCUT2D eigenvalue weighted by Gasteiger charge is -2.57. The molecule has 4 saturated carbocycles. The lowest BCUT2D eigenvalue weighted by atomic mass is 9.49. The Kier molecular flexibility index (Phi) is 4.10. The first-order chi connectivity index (χ1) is 11.4. The second kappa shape index (κ2) is 6.01. The van der Waals surface area contributed by atoms with Gasteiger partial charge in [-0.1, -0.05) is 0 Å². The Balaban J connectivity index is 1.38. The van der Waals surface area contributed by atoms with Gasteiger partial charge >= 0.3 is 0 Å². The molecule has 0 aromatic rings. The van der Waals surface area contributed by atoms with Gasteiger partial charge in [-0.3, -0.25) is 14.5 Å². The van der Waals surface area contributed by atoms with Gasteiger partial charge in [0.1, 0.15) is 0 Å². The number of likely N-dealkylation sites (N-methyl/N-ethyl adjacent to an activating group) is 1. The molecule has 0 radical (unpaired) electrons. The molecule has 5 aliphatic rings. The summed E-state index contributed by atoms with van der Waals surface area (Å²) in [5.74, 6) is 2.86. The van der Waals surface area contributed by atoms with Crippen LogP contribution in [0.1, 0.15) is 44.9 Å². The normalized spacial score (nSPS) is 41.3. The van der Waals surface area contributed by atoms with Gasteiger partial charge in [-0.2, -0.15) is 0 Å². The molecule has 4 aliphatic carbocycles. The van der Waals surface area contributed by atoms with E-state index in [9.17, 15) is 9.59 Å². The number of nitrogens with one attached hydrogen (secondary N) is 1. The quantitative estimate of drug-likeness (QED) is 0.848. The smallest absolute Gasteiger partial charge is 0.237 e. The van der Waals surface area contributed by atoms with Crippen LogP contribution < -0.4 is 5.32 Å². The molecule has 5 nitrogen and oxygen atoms in total. The van der Waals surface area contributed by atoms with Crippen LogP contribution in [0.4, 0.5) is 0 Å². The Morgan fingerprint density at radius 2 is 1.79 bits per heavy atom. The molecule has 0 aromatic carbocycles. The first kappa shape index (κ1) is 16.4. The third-order valence-corrected chi connectivity index (χ3v) is 7.13. The molecule has 5 heteroatoms. The van der Waals surface area contributed by atoms with Gasteiger partial charge in [0.2, 0.25) is 11.8 Å². The van der Waals surface area contributed by atoms with E-state index in [0.717, 1.165) is 30.8 Å². The SMILES string of the molecule is CN(CC12CC3CC(CC(C3)C1)C2)C(=O)C[C@H]1C(=O)NCCN1C. The Labute approximate surface area is 145 Å². The largest absolute Gasteiger partial charge is 0.353 e. The standard InChI is InChI=1S/C19H31N3O2/c1-21-4-3-20-18(24)16(21)8-17(23)22(2)12-19-9-13-5-14(10-19)7-15(6-13)11-19/h13-16H,3-12H2,1-2H3,(H,20,24)/t13?,14?,15?,16-,19?/m0/s1. The number of nitrogens with zero attached hydrogens (tertiary/aromatic N) is 2. The van der Waals surface area contributed by atoms with Gasteiger partial charge in [0, 0.05) is 26.7 Å². The topological polar surface area (TPSA) is 52.7 Å². The molecule has 1 aliphatic heterocycles. The number of hydrogen-bond acceptors (Lipinski definition) is 3. The zero-order valence-electron chi connectivity index (χ0n) is 15.1. The van der Waals surface area contributed by atoms with E-state index >= 15 is 0 Å². The summed E-state index contributed by atoms with van der Waals surface area (Å²) in [6, 6.07) is -0.301. The van der Waals surface area contributed by atoms with Crippen molar-refractivity contribution in [3.63, 3.8) is 0 Å². The van der Waals surface area contributed by atoms with Gasteiger partial charge in [-0.05, 0) is 68.7 Å². The summed E-state index contributed by atoms with van der Waals surface area (Å²) in [5, 5.41) is 2.88. The van der Waals surface area contributed by atoms with Crippen molar-refractivity contribution in [1.29, 1.82) is 0 Å². The maximum Gasteiger partial charge on any atom is 0.237 e. The zero-order valence-corrected chi connectivity index (χ0v) is 15.1. The van der Waals surface area contributed by atoms with Crippen LogP contribution in [0.2, 0.25) is 0 Å². The van der Waals surface area contributed by atoms with Crippen molar-refractivity contribution in [2.45, 2.75) is 51.0 Å². The van der Waals surface area contributed by atoms with Crippen LogP contribution in [0.15, 0.2) is 0 Å². The lowest BCUT2D eigenvalue weighted by Crippen LogP contribution is -2.56. The highest BCUT2D eigenvalue weighted by Crippen LogP contribution is 2.60. The van der Waals surface area contributed by atoms with Crippen LogP contribution in [-0.2, 0) is 9.59 Å². The highest BCUT2D eigenvalue weighted by Gasteiger charge is 2.51. The average Bonchev–Trinajstić information content (AvgIpc) is 2.49. The molecule has 0 spiro atoms. The van der Waals surface area contributed by atoms with Gasteiger partial charge in [0.05, 0.1) is 12.5 Å². The molecule has 0 aromatic heterocycles. The zero-order chi connectivity index (χ0) is 16.9. The van der Waals surface area contributed by atoms with E-state index in [1.54, 1.807) is 0 Å². The van der Waals surface area contributed by atoms with E-state index in [1.165, 1.54) is 38.5 Å². The van der Waals surface area contributed by atoms with Crippen LogP contribution in [0, 0.1) is 23.2 Å². The van der Waals surface area contributed by atoms with Crippen molar-refractivity contribution in [2.24, 2.45) is 23.2 Å². The maximum absolute atomic E-state index is 12.7. The fourth-order valence-corrected chi connectivity index (χ4v) is 6.47. The summed E-state index contributed by atoms with van der Waals surface area (Å²) in [7, 11) is 3.89. The van der Waals surface area contributed by atoms with E-state index < -0.39 is 0 Å². The average molecular weight is 333 g/mol. The molecule has 1 saturated heterocycles. The van der Waals surface area contributed by atoms with Crippen LogP contribution in [0.25, 0.3) is 0 Å². The molecule has 1 atom stereocenters. The Morgan fingerprint density at radius 3 is 2.33 bits per heavy atom. The first-order valence-electron chi connectivity index (χ1n) is 9.66. The van der Waals surface area contributed by atoms with Crippen molar-refractivity contribution < 1.29 is 9.59 Å². The summed E-state index contributed by atoms with van der Waals surface area (Å²) in [5.41, 5.74) is 0.375. The van der Waals surface area contributed by atoms with Crippen molar-refractivity contribution >= 4 is 11.8 Å². The molecular weight excluding hydrogens is 302 g/mol. The molecule has 5 fully saturated rings. The van der Waals surface area contributed by atoms with Crippen LogP contribution in [-0.4, -0.2) is 61.4 Å².